The molecule has 0 aromatic carbocycles. The number of ether oxygens (including phenoxy) is 2. The quantitative estimate of drug-likeness (QED) is 0.0411. The number of rotatable bonds is 19. The molecule has 11 aliphatic rings. The molecule has 1 amide bonds. The number of aliphatic hydroxyl groups is 8. The van der Waals surface area contributed by atoms with Gasteiger partial charge in [0, 0.05) is 67.8 Å². The first-order chi connectivity index (χ1) is 43.9. The molecule has 25 unspecified atom stereocenters. The minimum absolute atomic E-state index is 0.0421. The molecule has 2 saturated heterocycles. The molecule has 2 aromatic rings. The van der Waals surface area contributed by atoms with Gasteiger partial charge in [0.1, 0.15) is 30.4 Å². The van der Waals surface area contributed by atoms with E-state index in [4.69, 9.17) is 20.2 Å². The lowest BCUT2D eigenvalue weighted by molar-refractivity contribution is -0.354. The van der Waals surface area contributed by atoms with Crippen LogP contribution in [0.25, 0.3) is 0 Å². The van der Waals surface area contributed by atoms with E-state index in [2.05, 4.69) is 83.0 Å². The lowest BCUT2D eigenvalue weighted by atomic mass is 9.27. The molecule has 22 heteroatoms. The van der Waals surface area contributed by atoms with Crippen molar-refractivity contribution in [3.05, 3.63) is 54.0 Å². The molecular weight excluding hydrogens is 1170 g/mol. The maximum Gasteiger partial charge on any atom is 0.310 e. The first kappa shape index (κ1) is 66.7. The Labute approximate surface area is 541 Å². The molecule has 92 heavy (non-hydrogen) atoms. The van der Waals surface area contributed by atoms with Gasteiger partial charge in [0.25, 0.3) is 0 Å². The number of carboxylic acids is 1. The average molecular weight is 1280 g/mol. The molecule has 13 rings (SSSR count). The number of aliphatic hydroxyl groups excluding tert-OH is 8. The predicted octanol–water partition coefficient (Wildman–Crippen LogP) is 3.85. The van der Waals surface area contributed by atoms with Crippen molar-refractivity contribution in [1.29, 1.82) is 0 Å². The Bertz CT molecular complexity index is 3040. The van der Waals surface area contributed by atoms with Gasteiger partial charge < -0.3 is 92.4 Å². The number of nitrogens with zero attached hydrogens (tertiary/aromatic N) is 2. The van der Waals surface area contributed by atoms with Gasteiger partial charge >= 0.3 is 5.97 Å². The highest BCUT2D eigenvalue weighted by Gasteiger charge is 2.81. The van der Waals surface area contributed by atoms with Crippen molar-refractivity contribution < 1.29 is 65.0 Å². The summed E-state index contributed by atoms with van der Waals surface area (Å²) in [4.78, 5) is 46.9. The zero-order valence-corrected chi connectivity index (χ0v) is 55.1. The van der Waals surface area contributed by atoms with Crippen LogP contribution in [0.1, 0.15) is 149 Å². The van der Waals surface area contributed by atoms with Gasteiger partial charge in [0.15, 0.2) is 6.29 Å². The molecule has 0 bridgehead atoms. The largest absolute Gasteiger partial charge is 0.481 e. The third-order valence-electron chi connectivity index (χ3n) is 28.5. The van der Waals surface area contributed by atoms with E-state index in [1.807, 2.05) is 13.0 Å². The van der Waals surface area contributed by atoms with Crippen molar-refractivity contribution in [1.82, 2.24) is 35.9 Å². The van der Waals surface area contributed by atoms with Crippen LogP contribution in [-0.4, -0.2) is 185 Å². The second kappa shape index (κ2) is 24.6. The number of hydrogen-bond acceptors (Lipinski definition) is 18. The number of aromatic nitrogens is 4. The number of allylic oxidation sites excluding steroid dienone is 3. The van der Waals surface area contributed by atoms with Crippen molar-refractivity contribution in [2.24, 2.45) is 109 Å². The molecule has 25 atom stereocenters. The predicted molar refractivity (Wildman–Crippen MR) is 341 cm³/mol. The molecule has 8 aliphatic carbocycles. The summed E-state index contributed by atoms with van der Waals surface area (Å²) in [5.74, 6) is -4.31. The van der Waals surface area contributed by atoms with Crippen molar-refractivity contribution in [3.8, 4) is 0 Å². The van der Waals surface area contributed by atoms with Gasteiger partial charge in [-0.25, -0.2) is 9.97 Å². The molecule has 6 saturated carbocycles. The Morgan fingerprint density at radius 1 is 0.870 bits per heavy atom. The Kier molecular flexibility index (Phi) is 17.8. The normalized spacial score (nSPS) is 45.5. The van der Waals surface area contributed by atoms with Crippen LogP contribution >= 0.6 is 0 Å². The van der Waals surface area contributed by atoms with Crippen molar-refractivity contribution in [2.45, 2.75) is 205 Å². The van der Waals surface area contributed by atoms with E-state index in [1.165, 1.54) is 0 Å². The number of carboxylic acid groups (broad SMARTS) is 1. The number of anilines is 1. The molecule has 1 spiro atoms. The zero-order valence-electron chi connectivity index (χ0n) is 55.1. The summed E-state index contributed by atoms with van der Waals surface area (Å²) < 4.78 is 13.2. The first-order valence-corrected chi connectivity index (χ1v) is 35.3. The van der Waals surface area contributed by atoms with E-state index in [1.54, 1.807) is 18.9 Å². The minimum Gasteiger partial charge on any atom is -0.481 e. The third kappa shape index (κ3) is 9.59. The van der Waals surface area contributed by atoms with Gasteiger partial charge in [-0.1, -0.05) is 91.0 Å². The van der Waals surface area contributed by atoms with Gasteiger partial charge in [-0.3, -0.25) is 9.59 Å². The van der Waals surface area contributed by atoms with Crippen molar-refractivity contribution in [2.75, 3.05) is 57.9 Å². The van der Waals surface area contributed by atoms with E-state index in [9.17, 15) is 50.8 Å². The number of nitrogens with one attached hydrogen (secondary N) is 6. The molecule has 5 heterocycles. The fraction of sp³-hybridized carbons (Fsp3) is 0.829. The van der Waals surface area contributed by atoms with Crippen LogP contribution in [0.15, 0.2) is 42.7 Å². The summed E-state index contributed by atoms with van der Waals surface area (Å²) in [5, 5.41) is 124. The monoisotopic (exact) mass is 1280 g/mol. The number of aromatic amines is 2. The molecule has 8 fully saturated rings. The number of imidazole rings is 2. The van der Waals surface area contributed by atoms with Gasteiger partial charge in [0.05, 0.1) is 72.2 Å². The van der Waals surface area contributed by atoms with E-state index in [0.29, 0.717) is 89.0 Å². The lowest BCUT2D eigenvalue weighted by Gasteiger charge is -2.77. The second-order valence-corrected chi connectivity index (χ2v) is 32.6. The summed E-state index contributed by atoms with van der Waals surface area (Å²) in [5.41, 5.74) is 1.63. The van der Waals surface area contributed by atoms with Gasteiger partial charge in [0.2, 0.25) is 5.91 Å². The van der Waals surface area contributed by atoms with E-state index in [0.717, 1.165) is 68.6 Å². The molecular formula is C70H109N9O13. The summed E-state index contributed by atoms with van der Waals surface area (Å²) in [6, 6.07) is -0.850. The van der Waals surface area contributed by atoms with Crippen LogP contribution in [0, 0.1) is 103 Å². The SMILES string of the molecule is CC(C)CCNCCNCC(C(N)O)C(O)C1(c2cnc[nH]2)C=CC(C2C(O)C(OC3OCC(O)C(O)C3O)C(C)(CO)C3CCC4(C)C(CC=C5C6CC(C)(CO)CCC6(C(=O)O)C6CNc7nc[nH]c7CC6C54C)C23C2CCCC2)C2C1NC(=O)C21CCCC1. The number of fused-ring (bicyclic) bond motifs is 13. The van der Waals surface area contributed by atoms with Gasteiger partial charge in [-0.05, 0) is 153 Å². The Balaban J connectivity index is 1.03. The number of H-pyrrole nitrogens is 2. The van der Waals surface area contributed by atoms with Crippen LogP contribution in [0.5, 0.6) is 0 Å². The Morgan fingerprint density at radius 3 is 2.30 bits per heavy atom. The molecule has 17 N–H and O–H groups in total. The number of carbonyl (C=O) groups is 2. The number of carbonyl (C=O) groups excluding carboxylic acids is 1. The number of hydrogen-bond donors (Lipinski definition) is 16. The standard InChI is InChI=1S/C70H109N9O13/c1-37(2)17-24-72-25-26-73-29-40(58(71)87)56(86)69(49-31-74-35-77-49)21-15-39(51-55(69)79-61(88)67(51)18-9-10-19-67)50-53(84)57(92-60-54(85)52(83)46(82)32-91-60)64(4,34-81)47-16-20-65(5)48(70(47,50)38-11-7-8-12-38)14-13-41-43-28-63(3,33-80)22-23-68(43,62(89)90)44-30-75-59-45(76-36-78-59)27-42(44)66(41,65)6/h13,15,21,31,35-40,42-44,46-48,50-58,60,72-73,75,80-87H,7-12,14,16-20,22-30,32-34,71H2,1-6H3,(H,74,77)(H,76,78)(H,79,88)(H,89,90). The fourth-order valence-corrected chi connectivity index (χ4v) is 23.9. The first-order valence-electron chi connectivity index (χ1n) is 35.3. The highest BCUT2D eigenvalue weighted by molar-refractivity contribution is 5.87. The summed E-state index contributed by atoms with van der Waals surface area (Å²) in [7, 11) is 0. The maximum atomic E-state index is 15.9. The average Bonchev–Trinajstić information content (AvgIpc) is 0.826. The Hall–Kier alpha value is -3.88. The minimum atomic E-state index is -1.71. The van der Waals surface area contributed by atoms with E-state index < -0.39 is 147 Å². The van der Waals surface area contributed by atoms with E-state index >= 15 is 4.79 Å². The van der Waals surface area contributed by atoms with Crippen LogP contribution in [-0.2, 0) is 30.9 Å². The van der Waals surface area contributed by atoms with Crippen LogP contribution in [0.2, 0.25) is 0 Å². The molecule has 3 aliphatic heterocycles. The zero-order chi connectivity index (χ0) is 65.3. The molecule has 512 valence electrons. The molecule has 22 nitrogen and oxygen atoms in total. The van der Waals surface area contributed by atoms with Crippen molar-refractivity contribution >= 4 is 17.7 Å². The summed E-state index contributed by atoms with van der Waals surface area (Å²) in [6.07, 6.45) is 10.7. The second-order valence-electron chi connectivity index (χ2n) is 32.6. The lowest BCUT2D eigenvalue weighted by Crippen LogP contribution is -2.77. The highest BCUT2D eigenvalue weighted by Crippen LogP contribution is 2.82. The van der Waals surface area contributed by atoms with Crippen molar-refractivity contribution in [3.63, 3.8) is 0 Å². The highest BCUT2D eigenvalue weighted by atomic mass is 16.7. The smallest absolute Gasteiger partial charge is 0.310 e. The topological polar surface area (TPSA) is 366 Å². The van der Waals surface area contributed by atoms with E-state index in [-0.39, 0.29) is 49.3 Å². The van der Waals surface area contributed by atoms with Gasteiger partial charge in [-0.2, -0.15) is 0 Å². The number of amides is 1. The molecule has 0 radical (unpaired) electrons. The van der Waals surface area contributed by atoms with Crippen LogP contribution < -0.4 is 27.0 Å². The van der Waals surface area contributed by atoms with Crippen LogP contribution in [0.4, 0.5) is 5.82 Å². The summed E-state index contributed by atoms with van der Waals surface area (Å²) in [6.45, 7) is 15.1. The summed E-state index contributed by atoms with van der Waals surface area (Å²) >= 11 is 0. The van der Waals surface area contributed by atoms with Gasteiger partial charge in [-0.15, -0.1) is 0 Å². The fourth-order valence-electron chi connectivity index (χ4n) is 23.9. The maximum absolute atomic E-state index is 15.9. The molecule has 2 aromatic heterocycles. The third-order valence-corrected chi connectivity index (χ3v) is 28.5. The number of aliphatic carboxylic acids is 1. The number of nitrogens with two attached hydrogens (primary N) is 1. The Morgan fingerprint density at radius 2 is 1.62 bits per heavy atom. The van der Waals surface area contributed by atoms with Crippen LogP contribution in [0.3, 0.4) is 0 Å².